The third-order valence-corrected chi connectivity index (χ3v) is 5.09. The molecule has 31 heavy (non-hydrogen) atoms. The Labute approximate surface area is 182 Å². The number of rotatable bonds is 9. The maximum absolute atomic E-state index is 12.4. The minimum absolute atomic E-state index is 0.0961. The van der Waals surface area contributed by atoms with Crippen molar-refractivity contribution in [2.45, 2.75) is 19.8 Å². The van der Waals surface area contributed by atoms with Crippen molar-refractivity contribution in [2.24, 2.45) is 0 Å². The predicted octanol–water partition coefficient (Wildman–Crippen LogP) is 2.72. The number of likely N-dealkylation sites (N-methyl/N-ethyl adjacent to an activating group) is 1. The molecule has 1 fully saturated rings. The van der Waals surface area contributed by atoms with E-state index in [2.05, 4.69) is 10.6 Å². The monoisotopic (exact) mass is 424 g/mol. The molecular formula is C23H28N4O4. The molecule has 0 unspecified atom stereocenters. The first-order valence-electron chi connectivity index (χ1n) is 10.3. The SMILES string of the molecule is CCN(CC(=O)Nc1ccc(OC)cc1)CC(=O)Nc1ccc(N2CCCC2=O)cc1. The minimum Gasteiger partial charge on any atom is -0.497 e. The van der Waals surface area contributed by atoms with E-state index in [1.165, 1.54) is 0 Å². The standard InChI is InChI=1S/C23H28N4O4/c1-3-26(16-22(29)25-18-8-12-20(31-2)13-9-18)15-21(28)24-17-6-10-19(11-7-17)27-14-4-5-23(27)30/h6-13H,3-5,14-16H2,1-2H3,(H,24,28)(H,25,29). The average molecular weight is 425 g/mol. The molecule has 1 saturated heterocycles. The van der Waals surface area contributed by atoms with Gasteiger partial charge in [-0.2, -0.15) is 0 Å². The highest BCUT2D eigenvalue weighted by Gasteiger charge is 2.21. The Morgan fingerprint density at radius 2 is 1.52 bits per heavy atom. The van der Waals surface area contributed by atoms with Crippen LogP contribution in [-0.2, 0) is 14.4 Å². The maximum atomic E-state index is 12.4. The Balaban J connectivity index is 1.48. The molecule has 3 rings (SSSR count). The van der Waals surface area contributed by atoms with Crippen molar-refractivity contribution in [1.29, 1.82) is 0 Å². The van der Waals surface area contributed by atoms with Crippen molar-refractivity contribution in [1.82, 2.24) is 4.90 Å². The zero-order valence-corrected chi connectivity index (χ0v) is 17.9. The number of hydrogen-bond donors (Lipinski definition) is 2. The van der Waals surface area contributed by atoms with Gasteiger partial charge >= 0.3 is 0 Å². The van der Waals surface area contributed by atoms with Crippen LogP contribution in [0.4, 0.5) is 17.1 Å². The molecule has 1 aliphatic heterocycles. The predicted molar refractivity (Wildman–Crippen MR) is 120 cm³/mol. The van der Waals surface area contributed by atoms with Crippen LogP contribution in [0.3, 0.4) is 0 Å². The normalized spacial score (nSPS) is 13.4. The van der Waals surface area contributed by atoms with Gasteiger partial charge in [0.05, 0.1) is 20.2 Å². The largest absolute Gasteiger partial charge is 0.497 e. The lowest BCUT2D eigenvalue weighted by Gasteiger charge is -2.20. The lowest BCUT2D eigenvalue weighted by atomic mass is 10.2. The summed E-state index contributed by atoms with van der Waals surface area (Å²) in [6.45, 7) is 3.38. The molecule has 8 heteroatoms. The van der Waals surface area contributed by atoms with Crippen LogP contribution in [-0.4, -0.2) is 55.9 Å². The first-order valence-corrected chi connectivity index (χ1v) is 10.3. The highest BCUT2D eigenvalue weighted by atomic mass is 16.5. The second kappa shape index (κ2) is 10.6. The molecule has 2 N–H and O–H groups in total. The van der Waals surface area contributed by atoms with Gasteiger partial charge in [-0.25, -0.2) is 0 Å². The molecule has 0 spiro atoms. The van der Waals surface area contributed by atoms with Crippen molar-refractivity contribution in [2.75, 3.05) is 48.8 Å². The van der Waals surface area contributed by atoms with Crippen LogP contribution in [0.15, 0.2) is 48.5 Å². The first kappa shape index (κ1) is 22.3. The van der Waals surface area contributed by atoms with Crippen LogP contribution in [0.2, 0.25) is 0 Å². The molecule has 2 aromatic rings. The number of hydrogen-bond acceptors (Lipinski definition) is 5. The van der Waals surface area contributed by atoms with Crippen LogP contribution < -0.4 is 20.3 Å². The minimum atomic E-state index is -0.205. The number of carbonyl (C=O) groups is 3. The van der Waals surface area contributed by atoms with Crippen LogP contribution in [0, 0.1) is 0 Å². The summed E-state index contributed by atoms with van der Waals surface area (Å²) in [5.74, 6) is 0.441. The molecule has 0 atom stereocenters. The smallest absolute Gasteiger partial charge is 0.238 e. The molecule has 1 aliphatic rings. The summed E-state index contributed by atoms with van der Waals surface area (Å²) in [6.07, 6.45) is 1.45. The topological polar surface area (TPSA) is 91.0 Å². The van der Waals surface area contributed by atoms with Crippen LogP contribution in [0.1, 0.15) is 19.8 Å². The zero-order valence-electron chi connectivity index (χ0n) is 17.9. The molecule has 0 bridgehead atoms. The van der Waals surface area contributed by atoms with Gasteiger partial charge in [-0.3, -0.25) is 19.3 Å². The third-order valence-electron chi connectivity index (χ3n) is 5.09. The number of methoxy groups -OCH3 is 1. The van der Waals surface area contributed by atoms with Gasteiger partial charge in [0.25, 0.3) is 0 Å². The summed E-state index contributed by atoms with van der Waals surface area (Å²) in [6, 6.07) is 14.3. The van der Waals surface area contributed by atoms with Crippen molar-refractivity contribution in [3.8, 4) is 5.75 Å². The van der Waals surface area contributed by atoms with Gasteiger partial charge < -0.3 is 20.3 Å². The third kappa shape index (κ3) is 6.29. The van der Waals surface area contributed by atoms with Crippen LogP contribution >= 0.6 is 0 Å². The molecule has 0 saturated carbocycles. The second-order valence-electron chi connectivity index (χ2n) is 7.32. The fourth-order valence-corrected chi connectivity index (χ4v) is 3.41. The van der Waals surface area contributed by atoms with Gasteiger partial charge in [0.15, 0.2) is 0 Å². The van der Waals surface area contributed by atoms with Crippen molar-refractivity contribution < 1.29 is 19.1 Å². The van der Waals surface area contributed by atoms with E-state index < -0.39 is 0 Å². The Morgan fingerprint density at radius 1 is 0.968 bits per heavy atom. The molecule has 1 heterocycles. The Bertz CT molecular complexity index is 912. The summed E-state index contributed by atoms with van der Waals surface area (Å²) in [4.78, 5) is 40.1. The average Bonchev–Trinajstić information content (AvgIpc) is 3.20. The Hall–Kier alpha value is -3.39. The Morgan fingerprint density at radius 3 is 1.97 bits per heavy atom. The van der Waals surface area contributed by atoms with Gasteiger partial charge in [0.2, 0.25) is 17.7 Å². The summed E-state index contributed by atoms with van der Waals surface area (Å²) in [7, 11) is 1.58. The molecule has 0 aromatic heterocycles. The Kier molecular flexibility index (Phi) is 7.61. The number of nitrogens with one attached hydrogen (secondary N) is 2. The number of carbonyl (C=O) groups excluding carboxylic acids is 3. The molecular weight excluding hydrogens is 396 g/mol. The highest BCUT2D eigenvalue weighted by molar-refractivity contribution is 5.97. The maximum Gasteiger partial charge on any atom is 0.238 e. The highest BCUT2D eigenvalue weighted by Crippen LogP contribution is 2.23. The lowest BCUT2D eigenvalue weighted by Crippen LogP contribution is -2.38. The van der Waals surface area contributed by atoms with Crippen LogP contribution in [0.25, 0.3) is 0 Å². The van der Waals surface area contributed by atoms with Gasteiger partial charge in [0.1, 0.15) is 5.75 Å². The molecule has 0 radical (unpaired) electrons. The molecule has 8 nitrogen and oxygen atoms in total. The van der Waals surface area contributed by atoms with E-state index >= 15 is 0 Å². The number of ether oxygens (including phenoxy) is 1. The molecule has 0 aliphatic carbocycles. The summed E-state index contributed by atoms with van der Waals surface area (Å²) >= 11 is 0. The quantitative estimate of drug-likeness (QED) is 0.646. The van der Waals surface area contributed by atoms with Crippen molar-refractivity contribution in [3.63, 3.8) is 0 Å². The fourth-order valence-electron chi connectivity index (χ4n) is 3.41. The first-order chi connectivity index (χ1) is 15.0. The second-order valence-corrected chi connectivity index (χ2v) is 7.32. The summed E-state index contributed by atoms with van der Waals surface area (Å²) in [5.41, 5.74) is 2.16. The van der Waals surface area contributed by atoms with E-state index in [1.54, 1.807) is 53.3 Å². The molecule has 3 amide bonds. The van der Waals surface area contributed by atoms with Crippen molar-refractivity contribution in [3.05, 3.63) is 48.5 Å². The van der Waals surface area contributed by atoms with Crippen LogP contribution in [0.5, 0.6) is 5.75 Å². The van der Waals surface area contributed by atoms with E-state index in [9.17, 15) is 14.4 Å². The van der Waals surface area contributed by atoms with Gasteiger partial charge in [-0.1, -0.05) is 6.92 Å². The van der Waals surface area contributed by atoms with E-state index in [0.29, 0.717) is 30.1 Å². The number of amides is 3. The van der Waals surface area contributed by atoms with Gasteiger partial charge in [0, 0.05) is 30.0 Å². The van der Waals surface area contributed by atoms with Gasteiger partial charge in [-0.15, -0.1) is 0 Å². The summed E-state index contributed by atoms with van der Waals surface area (Å²) < 4.78 is 5.10. The zero-order chi connectivity index (χ0) is 22.2. The molecule has 2 aromatic carbocycles. The number of anilines is 3. The number of nitrogens with zero attached hydrogens (tertiary/aromatic N) is 2. The van der Waals surface area contributed by atoms with E-state index in [-0.39, 0.29) is 30.8 Å². The van der Waals surface area contributed by atoms with Crippen molar-refractivity contribution >= 4 is 34.8 Å². The lowest BCUT2D eigenvalue weighted by molar-refractivity contribution is -0.120. The van der Waals surface area contributed by atoms with E-state index in [4.69, 9.17) is 4.74 Å². The van der Waals surface area contributed by atoms with Gasteiger partial charge in [-0.05, 0) is 61.5 Å². The van der Waals surface area contributed by atoms with E-state index in [0.717, 1.165) is 18.7 Å². The fraction of sp³-hybridized carbons (Fsp3) is 0.348. The van der Waals surface area contributed by atoms with E-state index in [1.807, 2.05) is 19.1 Å². The number of benzene rings is 2. The summed E-state index contributed by atoms with van der Waals surface area (Å²) in [5, 5.41) is 5.66. The molecule has 164 valence electrons.